The Labute approximate surface area is 103 Å². The molecule has 0 nitrogen and oxygen atoms in total. The molecule has 1 heteroatoms. The van der Waals surface area contributed by atoms with Crippen LogP contribution in [0.3, 0.4) is 0 Å². The first-order valence-electron chi connectivity index (χ1n) is 7.92. The smallest absolute Gasteiger partial charge is 0.0737 e. The maximum absolute atomic E-state index is 2.31. The third-order valence-corrected chi connectivity index (χ3v) is 5.15. The maximum Gasteiger partial charge on any atom is 0.146 e. The highest BCUT2D eigenvalue weighted by Crippen LogP contribution is 2.48. The molecule has 2 aliphatic rings. The second-order valence-electron chi connectivity index (χ2n) is 6.25. The van der Waals surface area contributed by atoms with E-state index in [9.17, 15) is 0 Å². The Kier molecular flexibility index (Phi) is 5.26. The van der Waals surface area contributed by atoms with Gasteiger partial charge in [0.15, 0.2) is 0 Å². The lowest BCUT2D eigenvalue weighted by molar-refractivity contribution is 0.439. The molecule has 2 rings (SSSR count). The molecule has 2 aliphatic heterocycles. The van der Waals surface area contributed by atoms with E-state index in [4.69, 9.17) is 0 Å². The lowest BCUT2D eigenvalue weighted by Crippen LogP contribution is -2.34. The van der Waals surface area contributed by atoms with Gasteiger partial charge in [0.05, 0.1) is 0 Å². The van der Waals surface area contributed by atoms with Gasteiger partial charge in [-0.15, -0.1) is 0 Å². The Bertz CT molecular complexity index is 168. The van der Waals surface area contributed by atoms with Crippen LogP contribution in [0.5, 0.6) is 0 Å². The molecule has 0 N–H and O–H groups in total. The summed E-state index contributed by atoms with van der Waals surface area (Å²) in [6, 6.07) is 0. The molecule has 2 bridgehead atoms. The van der Waals surface area contributed by atoms with Crippen LogP contribution >= 0.6 is 0 Å². The predicted octanol–water partition coefficient (Wildman–Crippen LogP) is 5.56. The van der Waals surface area contributed by atoms with Crippen LogP contribution < -0.4 is 0 Å². The van der Waals surface area contributed by atoms with Crippen molar-refractivity contribution in [3.05, 3.63) is 0 Å². The minimum absolute atomic E-state index is 1.14. The highest BCUT2D eigenvalue weighted by Gasteiger charge is 2.37. The molecule has 0 unspecified atom stereocenters. The highest BCUT2D eigenvalue weighted by molar-refractivity contribution is 6.62. The van der Waals surface area contributed by atoms with Crippen LogP contribution in [0.15, 0.2) is 0 Å². The second kappa shape index (κ2) is 6.72. The van der Waals surface area contributed by atoms with Crippen LogP contribution in [-0.4, -0.2) is 6.71 Å². The molecule has 92 valence electrons. The van der Waals surface area contributed by atoms with Crippen LogP contribution in [0.4, 0.5) is 0 Å². The molecule has 0 spiro atoms. The van der Waals surface area contributed by atoms with E-state index in [1.54, 1.807) is 44.8 Å². The van der Waals surface area contributed by atoms with Crippen LogP contribution in [0, 0.1) is 0 Å². The topological polar surface area (TPSA) is 0 Å². The van der Waals surface area contributed by atoms with Crippen LogP contribution in [0.25, 0.3) is 0 Å². The molecule has 0 aliphatic carbocycles. The molecular formula is C15H29B. The van der Waals surface area contributed by atoms with E-state index < -0.39 is 0 Å². The summed E-state index contributed by atoms with van der Waals surface area (Å²) in [6.45, 7) is 3.45. The standard InChI is InChI=1S/C15H29B/c1-2-3-4-5-6-13-16-14-9-7-10-15(16)12-8-11-14/h14-15H,2-13H2,1H3. The molecule has 2 saturated heterocycles. The van der Waals surface area contributed by atoms with Crippen molar-refractivity contribution in [2.45, 2.75) is 95.5 Å². The van der Waals surface area contributed by atoms with Crippen molar-refractivity contribution in [2.75, 3.05) is 0 Å². The van der Waals surface area contributed by atoms with Crippen molar-refractivity contribution in [2.24, 2.45) is 0 Å². The first kappa shape index (κ1) is 12.5. The van der Waals surface area contributed by atoms with Crippen molar-refractivity contribution >= 4 is 6.71 Å². The summed E-state index contributed by atoms with van der Waals surface area (Å²) in [5, 5.41) is 0. The summed E-state index contributed by atoms with van der Waals surface area (Å²) >= 11 is 0. The number of hydrogen-bond acceptors (Lipinski definition) is 0. The molecule has 0 aromatic rings. The lowest BCUT2D eigenvalue weighted by atomic mass is 9.26. The monoisotopic (exact) mass is 220 g/mol. The van der Waals surface area contributed by atoms with Gasteiger partial charge in [0, 0.05) is 0 Å². The third kappa shape index (κ3) is 3.28. The van der Waals surface area contributed by atoms with Gasteiger partial charge in [-0.25, -0.2) is 0 Å². The van der Waals surface area contributed by atoms with Gasteiger partial charge in [0.2, 0.25) is 0 Å². The van der Waals surface area contributed by atoms with Gasteiger partial charge in [-0.2, -0.15) is 0 Å². The Morgan fingerprint density at radius 2 is 1.38 bits per heavy atom. The normalized spacial score (nSPS) is 29.4. The number of fused-ring (bicyclic) bond motifs is 2. The molecule has 0 atom stereocenters. The first-order chi connectivity index (χ1) is 7.92. The Hall–Kier alpha value is 0.0649. The van der Waals surface area contributed by atoms with Gasteiger partial charge >= 0.3 is 0 Å². The maximum atomic E-state index is 2.31. The van der Waals surface area contributed by atoms with Crippen molar-refractivity contribution < 1.29 is 0 Å². The zero-order chi connectivity index (χ0) is 11.2. The fraction of sp³-hybridized carbons (Fsp3) is 1.00. The summed E-state index contributed by atoms with van der Waals surface area (Å²) in [4.78, 5) is 0. The number of rotatable bonds is 6. The van der Waals surface area contributed by atoms with Crippen LogP contribution in [-0.2, 0) is 0 Å². The summed E-state index contributed by atoms with van der Waals surface area (Å²) < 4.78 is 0. The van der Waals surface area contributed by atoms with E-state index in [1.165, 1.54) is 32.1 Å². The molecule has 16 heavy (non-hydrogen) atoms. The summed E-state index contributed by atoms with van der Waals surface area (Å²) in [5.74, 6) is 2.28. The van der Waals surface area contributed by atoms with E-state index >= 15 is 0 Å². The van der Waals surface area contributed by atoms with Crippen LogP contribution in [0.1, 0.15) is 77.6 Å². The van der Waals surface area contributed by atoms with E-state index in [0.717, 1.165) is 18.3 Å². The molecule has 2 heterocycles. The van der Waals surface area contributed by atoms with Gasteiger partial charge in [0.25, 0.3) is 0 Å². The van der Waals surface area contributed by atoms with Crippen molar-refractivity contribution in [1.29, 1.82) is 0 Å². The zero-order valence-corrected chi connectivity index (χ0v) is 11.2. The Morgan fingerprint density at radius 1 is 0.812 bits per heavy atom. The summed E-state index contributed by atoms with van der Waals surface area (Å²) in [5.41, 5.74) is 0. The largest absolute Gasteiger partial charge is 0.146 e. The van der Waals surface area contributed by atoms with E-state index in [2.05, 4.69) is 6.92 Å². The minimum atomic E-state index is 1.14. The zero-order valence-electron chi connectivity index (χ0n) is 11.2. The summed E-state index contributed by atoms with van der Waals surface area (Å²) in [6.07, 6.45) is 18.3. The number of hydrogen-bond donors (Lipinski definition) is 0. The van der Waals surface area contributed by atoms with Gasteiger partial charge in [0.1, 0.15) is 6.71 Å². The fourth-order valence-electron chi connectivity index (χ4n) is 4.27. The van der Waals surface area contributed by atoms with Crippen LogP contribution in [0.2, 0.25) is 18.0 Å². The molecule has 2 fully saturated rings. The highest BCUT2D eigenvalue weighted by atomic mass is 14.2. The van der Waals surface area contributed by atoms with Gasteiger partial charge in [-0.1, -0.05) is 95.5 Å². The SMILES string of the molecule is CCCCCCCB1C2CCCC1CCC2. The molecule has 0 amide bonds. The molecule has 0 radical (unpaired) electrons. The third-order valence-electron chi connectivity index (χ3n) is 5.15. The Balaban J connectivity index is 1.67. The predicted molar refractivity (Wildman–Crippen MR) is 74.5 cm³/mol. The van der Waals surface area contributed by atoms with Gasteiger partial charge in [-0.3, -0.25) is 0 Å². The lowest BCUT2D eigenvalue weighted by Gasteiger charge is -2.40. The van der Waals surface area contributed by atoms with Gasteiger partial charge < -0.3 is 0 Å². The molecular weight excluding hydrogens is 191 g/mol. The van der Waals surface area contributed by atoms with Crippen molar-refractivity contribution in [1.82, 2.24) is 0 Å². The quantitative estimate of drug-likeness (QED) is 0.406. The second-order valence-corrected chi connectivity index (χ2v) is 6.25. The average molecular weight is 220 g/mol. The average Bonchev–Trinajstić information content (AvgIpc) is 2.28. The van der Waals surface area contributed by atoms with E-state index in [1.807, 2.05) is 0 Å². The molecule has 0 aromatic heterocycles. The van der Waals surface area contributed by atoms with Crippen molar-refractivity contribution in [3.63, 3.8) is 0 Å². The summed E-state index contributed by atoms with van der Waals surface area (Å²) in [7, 11) is 0. The fourth-order valence-corrected chi connectivity index (χ4v) is 4.27. The Morgan fingerprint density at radius 3 is 1.94 bits per heavy atom. The van der Waals surface area contributed by atoms with E-state index in [-0.39, 0.29) is 0 Å². The van der Waals surface area contributed by atoms with Gasteiger partial charge in [-0.05, 0) is 0 Å². The molecule has 0 aromatic carbocycles. The minimum Gasteiger partial charge on any atom is -0.0737 e. The van der Waals surface area contributed by atoms with Crippen molar-refractivity contribution in [3.8, 4) is 0 Å². The first-order valence-corrected chi connectivity index (χ1v) is 7.92. The number of unbranched alkanes of at least 4 members (excludes halogenated alkanes) is 4. The van der Waals surface area contributed by atoms with E-state index in [0.29, 0.717) is 0 Å². The molecule has 0 saturated carbocycles.